The van der Waals surface area contributed by atoms with Gasteiger partial charge >= 0.3 is 0 Å². The van der Waals surface area contributed by atoms with E-state index in [4.69, 9.17) is 0 Å². The number of unbranched alkanes of at least 4 members (excludes halogenated alkanes) is 1. The zero-order valence-corrected chi connectivity index (χ0v) is 16.6. The summed E-state index contributed by atoms with van der Waals surface area (Å²) in [6.07, 6.45) is 2.03. The van der Waals surface area contributed by atoms with Crippen molar-refractivity contribution < 1.29 is 9.59 Å². The molecule has 2 rings (SSSR count). The maximum Gasteiger partial charge on any atom is 0.232 e. The molecule has 2 aromatic rings. The summed E-state index contributed by atoms with van der Waals surface area (Å²) in [6.45, 7) is 6.16. The van der Waals surface area contributed by atoms with Gasteiger partial charge in [0.25, 0.3) is 0 Å². The first kappa shape index (κ1) is 20.1. The SMILES string of the molecule is CCCCN(C)C(=O)CSc1nc(-c2ccccc2)nc(C)c1C(C)=O. The number of ketones is 1. The van der Waals surface area contributed by atoms with E-state index in [0.29, 0.717) is 22.1 Å². The fraction of sp³-hybridized carbons (Fsp3) is 0.400. The van der Waals surface area contributed by atoms with Gasteiger partial charge in [-0.25, -0.2) is 9.97 Å². The molecule has 5 nitrogen and oxygen atoms in total. The van der Waals surface area contributed by atoms with Gasteiger partial charge in [0.1, 0.15) is 5.03 Å². The summed E-state index contributed by atoms with van der Waals surface area (Å²) in [5, 5.41) is 0.570. The minimum atomic E-state index is -0.0867. The standard InChI is InChI=1S/C20H25N3O2S/c1-5-6-12-23(4)17(25)13-26-20-18(15(3)24)14(2)21-19(22-20)16-10-8-7-9-11-16/h7-11H,5-6,12-13H2,1-4H3. The number of amides is 1. The Labute approximate surface area is 159 Å². The van der Waals surface area contributed by atoms with Gasteiger partial charge in [-0.2, -0.15) is 0 Å². The third-order valence-electron chi connectivity index (χ3n) is 4.05. The van der Waals surface area contributed by atoms with Crippen molar-refractivity contribution >= 4 is 23.5 Å². The fourth-order valence-corrected chi connectivity index (χ4v) is 3.60. The lowest BCUT2D eigenvalue weighted by Crippen LogP contribution is -2.29. The van der Waals surface area contributed by atoms with Crippen LogP contribution in [-0.4, -0.2) is 45.9 Å². The van der Waals surface area contributed by atoms with Crippen molar-refractivity contribution in [3.05, 3.63) is 41.6 Å². The van der Waals surface area contributed by atoms with E-state index in [1.165, 1.54) is 18.7 Å². The van der Waals surface area contributed by atoms with E-state index in [-0.39, 0.29) is 17.4 Å². The molecule has 6 heteroatoms. The summed E-state index contributed by atoms with van der Waals surface area (Å²) in [5.41, 5.74) is 2.03. The summed E-state index contributed by atoms with van der Waals surface area (Å²) in [7, 11) is 1.81. The van der Waals surface area contributed by atoms with Crippen molar-refractivity contribution in [2.45, 2.75) is 38.6 Å². The smallest absolute Gasteiger partial charge is 0.232 e. The van der Waals surface area contributed by atoms with Gasteiger partial charge in [-0.15, -0.1) is 0 Å². The fourth-order valence-electron chi connectivity index (χ4n) is 2.53. The minimum Gasteiger partial charge on any atom is -0.345 e. The van der Waals surface area contributed by atoms with Crippen LogP contribution in [0.2, 0.25) is 0 Å². The van der Waals surface area contributed by atoms with Gasteiger partial charge in [-0.05, 0) is 20.3 Å². The molecule has 0 saturated heterocycles. The Morgan fingerprint density at radius 2 is 1.85 bits per heavy atom. The monoisotopic (exact) mass is 371 g/mol. The van der Waals surface area contributed by atoms with Crippen molar-refractivity contribution in [2.24, 2.45) is 0 Å². The second-order valence-corrected chi connectivity index (χ2v) is 7.16. The predicted octanol–water partition coefficient (Wildman–Crippen LogP) is 4.01. The molecule has 0 saturated carbocycles. The number of benzene rings is 1. The Bertz CT molecular complexity index is 778. The number of aromatic nitrogens is 2. The maximum atomic E-state index is 12.3. The lowest BCUT2D eigenvalue weighted by Gasteiger charge is -2.17. The van der Waals surface area contributed by atoms with Crippen LogP contribution in [0.5, 0.6) is 0 Å². The summed E-state index contributed by atoms with van der Waals surface area (Å²) >= 11 is 1.31. The zero-order chi connectivity index (χ0) is 19.1. The third kappa shape index (κ3) is 5.14. The maximum absolute atomic E-state index is 12.3. The number of thioether (sulfide) groups is 1. The van der Waals surface area contributed by atoms with Crippen molar-refractivity contribution in [3.63, 3.8) is 0 Å². The lowest BCUT2D eigenvalue weighted by molar-refractivity contribution is -0.127. The van der Waals surface area contributed by atoms with Gasteiger partial charge in [0.05, 0.1) is 17.0 Å². The summed E-state index contributed by atoms with van der Waals surface area (Å²) < 4.78 is 0. The Kier molecular flexibility index (Phi) is 7.33. The van der Waals surface area contributed by atoms with Crippen molar-refractivity contribution in [3.8, 4) is 11.4 Å². The second-order valence-electron chi connectivity index (χ2n) is 6.19. The molecular weight excluding hydrogens is 346 g/mol. The number of carbonyl (C=O) groups is 2. The average Bonchev–Trinajstić information content (AvgIpc) is 2.63. The van der Waals surface area contributed by atoms with Gasteiger partial charge in [0.2, 0.25) is 5.91 Å². The van der Waals surface area contributed by atoms with E-state index in [0.717, 1.165) is 24.9 Å². The first-order valence-corrected chi connectivity index (χ1v) is 9.74. The number of rotatable bonds is 8. The highest BCUT2D eigenvalue weighted by molar-refractivity contribution is 8.00. The molecule has 0 aliphatic carbocycles. The molecule has 0 N–H and O–H groups in total. The Morgan fingerprint density at radius 1 is 1.15 bits per heavy atom. The molecule has 0 aliphatic heterocycles. The predicted molar refractivity (Wildman–Crippen MR) is 105 cm³/mol. The van der Waals surface area contributed by atoms with Crippen molar-refractivity contribution in [1.82, 2.24) is 14.9 Å². The van der Waals surface area contributed by atoms with Crippen LogP contribution < -0.4 is 0 Å². The van der Waals surface area contributed by atoms with Gasteiger partial charge in [0.15, 0.2) is 11.6 Å². The number of aryl methyl sites for hydroxylation is 1. The third-order valence-corrected chi connectivity index (χ3v) is 5.01. The molecular formula is C20H25N3O2S. The molecule has 0 radical (unpaired) electrons. The van der Waals surface area contributed by atoms with Crippen LogP contribution in [0.25, 0.3) is 11.4 Å². The van der Waals surface area contributed by atoms with Gasteiger partial charge in [-0.1, -0.05) is 55.4 Å². The van der Waals surface area contributed by atoms with Crippen LogP contribution in [-0.2, 0) is 4.79 Å². The van der Waals surface area contributed by atoms with Gasteiger partial charge < -0.3 is 4.90 Å². The molecule has 1 amide bonds. The molecule has 0 unspecified atom stereocenters. The minimum absolute atomic E-state index is 0.0375. The van der Waals surface area contributed by atoms with Gasteiger partial charge in [0, 0.05) is 19.2 Å². The highest BCUT2D eigenvalue weighted by Crippen LogP contribution is 2.27. The quantitative estimate of drug-likeness (QED) is 0.399. The van der Waals surface area contributed by atoms with Crippen LogP contribution in [0.15, 0.2) is 35.4 Å². The first-order chi connectivity index (χ1) is 12.4. The van der Waals surface area contributed by atoms with E-state index in [9.17, 15) is 9.59 Å². The molecule has 26 heavy (non-hydrogen) atoms. The van der Waals surface area contributed by atoms with E-state index < -0.39 is 0 Å². The van der Waals surface area contributed by atoms with Gasteiger partial charge in [-0.3, -0.25) is 9.59 Å². The molecule has 0 fully saturated rings. The van der Waals surface area contributed by atoms with Crippen LogP contribution in [0.1, 0.15) is 42.7 Å². The molecule has 1 heterocycles. The van der Waals surface area contributed by atoms with Crippen molar-refractivity contribution in [1.29, 1.82) is 0 Å². The molecule has 0 aliphatic rings. The number of Topliss-reactive ketones (excluding diaryl/α,β-unsaturated/α-hetero) is 1. The average molecular weight is 372 g/mol. The van der Waals surface area contributed by atoms with Crippen molar-refractivity contribution in [2.75, 3.05) is 19.3 Å². The molecule has 0 atom stereocenters. The largest absolute Gasteiger partial charge is 0.345 e. The molecule has 138 valence electrons. The van der Waals surface area contributed by atoms with E-state index >= 15 is 0 Å². The lowest BCUT2D eigenvalue weighted by atomic mass is 10.1. The number of carbonyl (C=O) groups excluding carboxylic acids is 2. The number of hydrogen-bond donors (Lipinski definition) is 0. The second kappa shape index (κ2) is 9.48. The van der Waals surface area contributed by atoms with E-state index in [1.807, 2.05) is 44.3 Å². The Balaban J connectivity index is 2.26. The van der Waals surface area contributed by atoms with Crippen LogP contribution in [0.4, 0.5) is 0 Å². The molecule has 0 bridgehead atoms. The summed E-state index contributed by atoms with van der Waals surface area (Å²) in [5.74, 6) is 0.778. The van der Waals surface area contributed by atoms with E-state index in [1.54, 1.807) is 4.90 Å². The highest BCUT2D eigenvalue weighted by atomic mass is 32.2. The highest BCUT2D eigenvalue weighted by Gasteiger charge is 2.18. The van der Waals surface area contributed by atoms with Crippen LogP contribution in [0, 0.1) is 6.92 Å². The Hall–Kier alpha value is -2.21. The molecule has 0 spiro atoms. The normalized spacial score (nSPS) is 10.6. The number of hydrogen-bond acceptors (Lipinski definition) is 5. The van der Waals surface area contributed by atoms with Crippen LogP contribution in [0.3, 0.4) is 0 Å². The van der Waals surface area contributed by atoms with Crippen LogP contribution >= 0.6 is 11.8 Å². The molecule has 1 aromatic carbocycles. The first-order valence-electron chi connectivity index (χ1n) is 8.75. The summed E-state index contributed by atoms with van der Waals surface area (Å²) in [6, 6.07) is 9.64. The van der Waals surface area contributed by atoms with E-state index in [2.05, 4.69) is 16.9 Å². The summed E-state index contributed by atoms with van der Waals surface area (Å²) in [4.78, 5) is 35.2. The zero-order valence-electron chi connectivity index (χ0n) is 15.8. The topological polar surface area (TPSA) is 63.2 Å². The number of nitrogens with zero attached hydrogens (tertiary/aromatic N) is 3. The Morgan fingerprint density at radius 3 is 2.46 bits per heavy atom. The molecule has 1 aromatic heterocycles.